The molecule has 0 bridgehead atoms. The smallest absolute Gasteiger partial charge is 0.280 e. The van der Waals surface area contributed by atoms with Crippen molar-refractivity contribution in [3.8, 4) is 17.6 Å². The maximum atomic E-state index is 13.9. The number of hydrogen-bond donors (Lipinski definition) is 0. The zero-order valence-corrected chi connectivity index (χ0v) is 20.9. The van der Waals surface area contributed by atoms with Crippen molar-refractivity contribution in [3.05, 3.63) is 131 Å². The zero-order valence-electron chi connectivity index (χ0n) is 20.1. The fraction of sp³-hybridized carbons (Fsp3) is 0.100. The molecule has 0 saturated carbocycles. The van der Waals surface area contributed by atoms with E-state index in [2.05, 4.69) is 16.9 Å². The van der Waals surface area contributed by atoms with Crippen molar-refractivity contribution in [2.75, 3.05) is 7.11 Å². The van der Waals surface area contributed by atoms with E-state index in [0.29, 0.717) is 11.3 Å². The maximum Gasteiger partial charge on any atom is 0.280 e. The number of methoxy groups -OCH3 is 1. The number of nitrogens with zero attached hydrogens (tertiary/aromatic N) is 2. The predicted molar refractivity (Wildman–Crippen MR) is 143 cm³/mol. The molecule has 0 heterocycles. The van der Waals surface area contributed by atoms with Gasteiger partial charge in [0.15, 0.2) is 0 Å². The van der Waals surface area contributed by atoms with E-state index in [4.69, 9.17) is 4.74 Å². The minimum atomic E-state index is -4.04. The molecule has 0 spiro atoms. The topological polar surface area (TPSA) is 59.0 Å². The number of sulfonamides is 1. The van der Waals surface area contributed by atoms with Crippen molar-refractivity contribution in [2.45, 2.75) is 17.9 Å². The summed E-state index contributed by atoms with van der Waals surface area (Å²) in [6, 6.07) is 31.8. The van der Waals surface area contributed by atoms with Crippen LogP contribution in [0.5, 0.6) is 5.75 Å². The Morgan fingerprint density at radius 1 is 0.833 bits per heavy atom. The summed E-state index contributed by atoms with van der Waals surface area (Å²) >= 11 is 0. The van der Waals surface area contributed by atoms with Crippen LogP contribution in [0.25, 0.3) is 0 Å². The van der Waals surface area contributed by atoms with Gasteiger partial charge in [0.25, 0.3) is 10.0 Å². The highest BCUT2D eigenvalue weighted by Gasteiger charge is 2.30. The van der Waals surface area contributed by atoms with E-state index in [-0.39, 0.29) is 4.90 Å². The lowest BCUT2D eigenvalue weighted by Gasteiger charge is -2.25. The second-order valence-corrected chi connectivity index (χ2v) is 9.85. The van der Waals surface area contributed by atoms with Crippen LogP contribution in [0.4, 0.5) is 0 Å². The number of hydrazone groups is 1. The summed E-state index contributed by atoms with van der Waals surface area (Å²) in [6.07, 6.45) is 1.52. The number of benzene rings is 4. The molecule has 0 aliphatic heterocycles. The largest absolute Gasteiger partial charge is 0.497 e. The lowest BCUT2D eigenvalue weighted by atomic mass is 10.1. The van der Waals surface area contributed by atoms with E-state index in [1.165, 1.54) is 6.21 Å². The van der Waals surface area contributed by atoms with Crippen LogP contribution >= 0.6 is 0 Å². The van der Waals surface area contributed by atoms with E-state index in [9.17, 15) is 8.42 Å². The highest BCUT2D eigenvalue weighted by Crippen LogP contribution is 2.28. The molecule has 0 amide bonds. The van der Waals surface area contributed by atoms with Crippen molar-refractivity contribution in [3.63, 3.8) is 0 Å². The number of ether oxygens (including phenoxy) is 1. The lowest BCUT2D eigenvalue weighted by molar-refractivity contribution is 0.394. The Morgan fingerprint density at radius 3 is 2.06 bits per heavy atom. The minimum Gasteiger partial charge on any atom is -0.497 e. The monoisotopic (exact) mass is 494 g/mol. The average molecular weight is 495 g/mol. The molecule has 0 aromatic heterocycles. The third-order valence-corrected chi connectivity index (χ3v) is 7.13. The van der Waals surface area contributed by atoms with Gasteiger partial charge in [-0.3, -0.25) is 0 Å². The van der Waals surface area contributed by atoms with Gasteiger partial charge in [-0.1, -0.05) is 78.1 Å². The molecular formula is C30H26N2O3S. The van der Waals surface area contributed by atoms with Crippen LogP contribution in [0, 0.1) is 18.8 Å². The molecule has 0 radical (unpaired) electrons. The van der Waals surface area contributed by atoms with E-state index in [1.807, 2.05) is 79.7 Å². The van der Waals surface area contributed by atoms with Gasteiger partial charge >= 0.3 is 0 Å². The standard InChI is InChI=1S/C30H26N2O3S/c1-24-13-20-29(21-14-24)36(33,34)32(31-23-26-15-18-28(35-2)19-16-26)30(27-11-7-4-8-12-27)22-17-25-9-5-3-6-10-25/h3-16,18-21,23,30H,1-2H3/b31-23+. The molecule has 180 valence electrons. The van der Waals surface area contributed by atoms with Crippen molar-refractivity contribution >= 4 is 16.2 Å². The van der Waals surface area contributed by atoms with Crippen LogP contribution in [0.2, 0.25) is 0 Å². The summed E-state index contributed by atoms with van der Waals surface area (Å²) in [7, 11) is -2.45. The molecule has 0 aliphatic carbocycles. The van der Waals surface area contributed by atoms with E-state index >= 15 is 0 Å². The maximum absolute atomic E-state index is 13.9. The third kappa shape index (κ3) is 6.01. The molecule has 5 nitrogen and oxygen atoms in total. The Labute approximate surface area is 212 Å². The first-order chi connectivity index (χ1) is 17.5. The van der Waals surface area contributed by atoms with Crippen molar-refractivity contribution in [1.29, 1.82) is 0 Å². The first kappa shape index (κ1) is 24.8. The van der Waals surface area contributed by atoms with Gasteiger partial charge in [0.2, 0.25) is 0 Å². The first-order valence-electron chi connectivity index (χ1n) is 11.4. The normalized spacial score (nSPS) is 11.9. The fourth-order valence-corrected chi connectivity index (χ4v) is 4.79. The van der Waals surface area contributed by atoms with Crippen LogP contribution in [0.3, 0.4) is 0 Å². The zero-order chi connectivity index (χ0) is 25.4. The third-order valence-electron chi connectivity index (χ3n) is 5.46. The Kier molecular flexibility index (Phi) is 7.84. The van der Waals surface area contributed by atoms with Gasteiger partial charge in [0.1, 0.15) is 11.8 Å². The molecule has 36 heavy (non-hydrogen) atoms. The van der Waals surface area contributed by atoms with E-state index in [0.717, 1.165) is 21.1 Å². The van der Waals surface area contributed by atoms with Gasteiger partial charge in [-0.15, -0.1) is 0 Å². The highest BCUT2D eigenvalue weighted by molar-refractivity contribution is 7.89. The Hall–Kier alpha value is -4.34. The van der Waals surface area contributed by atoms with Crippen LogP contribution in [0.15, 0.2) is 119 Å². The van der Waals surface area contributed by atoms with Crippen LogP contribution in [0.1, 0.15) is 28.3 Å². The molecular weight excluding hydrogens is 468 g/mol. The molecule has 0 saturated heterocycles. The van der Waals surface area contributed by atoms with Gasteiger partial charge < -0.3 is 4.74 Å². The van der Waals surface area contributed by atoms with Crippen LogP contribution < -0.4 is 4.74 Å². The molecule has 1 unspecified atom stereocenters. The predicted octanol–water partition coefficient (Wildman–Crippen LogP) is 5.82. The van der Waals surface area contributed by atoms with Crippen molar-refractivity contribution in [2.24, 2.45) is 5.10 Å². The quantitative estimate of drug-likeness (QED) is 0.185. The van der Waals surface area contributed by atoms with Gasteiger partial charge in [-0.25, -0.2) is 0 Å². The molecule has 0 fully saturated rings. The molecule has 4 aromatic rings. The molecule has 4 rings (SSSR count). The second kappa shape index (κ2) is 11.4. The summed E-state index contributed by atoms with van der Waals surface area (Å²) in [5.74, 6) is 6.98. The van der Waals surface area contributed by atoms with Gasteiger partial charge in [-0.2, -0.15) is 17.9 Å². The summed E-state index contributed by atoms with van der Waals surface area (Å²) in [5.41, 5.74) is 3.18. The van der Waals surface area contributed by atoms with Crippen molar-refractivity contribution < 1.29 is 13.2 Å². The first-order valence-corrected chi connectivity index (χ1v) is 12.8. The Balaban J connectivity index is 1.84. The molecule has 0 aliphatic rings. The summed E-state index contributed by atoms with van der Waals surface area (Å²) < 4.78 is 34.1. The minimum absolute atomic E-state index is 0.141. The summed E-state index contributed by atoms with van der Waals surface area (Å²) in [4.78, 5) is 0.141. The molecule has 0 N–H and O–H groups in total. The van der Waals surface area contributed by atoms with Crippen LogP contribution in [-0.4, -0.2) is 26.2 Å². The summed E-state index contributed by atoms with van der Waals surface area (Å²) in [5, 5.41) is 4.49. The summed E-state index contributed by atoms with van der Waals surface area (Å²) in [6.45, 7) is 1.91. The number of rotatable bonds is 7. The molecule has 4 aromatic carbocycles. The number of aryl methyl sites for hydroxylation is 1. The van der Waals surface area contributed by atoms with Crippen LogP contribution in [-0.2, 0) is 10.0 Å². The Bertz CT molecular complexity index is 1470. The SMILES string of the molecule is COc1ccc(/C=N/N(C(C#Cc2ccccc2)c2ccccc2)S(=O)(=O)c2ccc(C)cc2)cc1. The highest BCUT2D eigenvalue weighted by atomic mass is 32.2. The fourth-order valence-electron chi connectivity index (χ4n) is 3.47. The van der Waals surface area contributed by atoms with Crippen molar-refractivity contribution in [1.82, 2.24) is 4.41 Å². The lowest BCUT2D eigenvalue weighted by Crippen LogP contribution is -2.30. The second-order valence-electron chi connectivity index (χ2n) is 8.06. The van der Waals surface area contributed by atoms with Gasteiger partial charge in [0, 0.05) is 5.56 Å². The Morgan fingerprint density at radius 2 is 1.44 bits per heavy atom. The van der Waals surface area contributed by atoms with Gasteiger partial charge in [-0.05, 0) is 66.6 Å². The molecule has 6 heteroatoms. The van der Waals surface area contributed by atoms with Gasteiger partial charge in [0.05, 0.1) is 18.2 Å². The van der Waals surface area contributed by atoms with E-state index in [1.54, 1.807) is 43.5 Å². The average Bonchev–Trinajstić information content (AvgIpc) is 2.92. The molecule has 1 atom stereocenters. The van der Waals surface area contributed by atoms with E-state index < -0.39 is 16.1 Å². The number of hydrogen-bond acceptors (Lipinski definition) is 4.